The van der Waals surface area contributed by atoms with E-state index in [1.165, 1.54) is 41.6 Å². The predicted molar refractivity (Wildman–Crippen MR) is 575 cm³/mol. The van der Waals surface area contributed by atoms with Crippen molar-refractivity contribution in [2.75, 3.05) is 188 Å². The van der Waals surface area contributed by atoms with Crippen LogP contribution in [0.25, 0.3) is 0 Å². The molecule has 0 saturated carbocycles. The van der Waals surface area contributed by atoms with Gasteiger partial charge in [-0.15, -0.1) is 0 Å². The molecule has 0 unspecified atom stereocenters. The lowest BCUT2D eigenvalue weighted by molar-refractivity contribution is 0.0700. The number of aromatic nitrogens is 6. The fourth-order valence-electron chi connectivity index (χ4n) is 15.0. The van der Waals surface area contributed by atoms with Crippen LogP contribution in [0.15, 0.2) is 28.8 Å². The average molecular weight is 2210 g/mol. The molecule has 0 saturated heterocycles. The number of carbonyl (C=O) groups is 6. The van der Waals surface area contributed by atoms with Crippen molar-refractivity contribution in [1.29, 1.82) is 0 Å². The maximum absolute atomic E-state index is 13.7. The third kappa shape index (κ3) is 67.2. The second-order valence-corrected chi connectivity index (χ2v) is 48.0. The van der Waals surface area contributed by atoms with Gasteiger partial charge in [0.05, 0.1) is 27.4 Å². The number of hydrogen-bond donors (Lipinski definition) is 12. The molecule has 0 aliphatic carbocycles. The fourth-order valence-corrected chi connectivity index (χ4v) is 24.4. The van der Waals surface area contributed by atoms with E-state index < -0.39 is 87.7 Å². The van der Waals surface area contributed by atoms with Crippen LogP contribution in [0.3, 0.4) is 0 Å². The molecule has 0 aromatic carbocycles. The van der Waals surface area contributed by atoms with Crippen molar-refractivity contribution >= 4 is 89.7 Å². The summed E-state index contributed by atoms with van der Waals surface area (Å²) in [4.78, 5) is 155. The van der Waals surface area contributed by atoms with Crippen LogP contribution in [0.2, 0.25) is 24.2 Å². The van der Waals surface area contributed by atoms with Crippen LogP contribution in [0, 0.1) is 0 Å². The summed E-state index contributed by atoms with van der Waals surface area (Å²) in [7, 11) is -3.15. The van der Waals surface area contributed by atoms with E-state index in [2.05, 4.69) is 95.4 Å². The Bertz CT molecular complexity index is 3880. The molecule has 858 valence electrons. The molecule has 2 rings (SSSR count). The monoisotopic (exact) mass is 2210 g/mol. The molecule has 0 aliphatic rings. The normalized spacial score (nSPS) is 11.3. The van der Waals surface area contributed by atoms with E-state index in [1.54, 1.807) is 56.5 Å². The van der Waals surface area contributed by atoms with Gasteiger partial charge < -0.3 is 135 Å². The Labute approximate surface area is 880 Å². The Kier molecular flexibility index (Phi) is 89.2. The zero-order valence-electron chi connectivity index (χ0n) is 92.5. The summed E-state index contributed by atoms with van der Waals surface area (Å²) in [6.45, 7) is 30.3. The minimum Gasteiger partial charge on any atom is -0.499 e. The minimum absolute atomic E-state index is 0.172. The number of amides is 12. The van der Waals surface area contributed by atoms with E-state index in [-0.39, 0.29) is 75.5 Å². The molecule has 0 aliphatic heterocycles. The Morgan fingerprint density at radius 3 is 0.531 bits per heavy atom. The van der Waals surface area contributed by atoms with Crippen molar-refractivity contribution < 1.29 is 109 Å². The van der Waals surface area contributed by atoms with Gasteiger partial charge in [-0.1, -0.05) is 110 Å². The summed E-state index contributed by atoms with van der Waals surface area (Å²) in [5, 5.41) is 34.3. The highest BCUT2D eigenvalue weighted by Gasteiger charge is 2.42. The number of urea groups is 6. The molecular formula is C93H192N18O30Si6. The van der Waals surface area contributed by atoms with Crippen molar-refractivity contribution in [3.8, 4) is 0 Å². The molecule has 2 heterocycles. The van der Waals surface area contributed by atoms with E-state index in [4.69, 9.17) is 53.1 Å². The highest BCUT2D eigenvalue weighted by molar-refractivity contribution is 6.61. The lowest BCUT2D eigenvalue weighted by atomic mass is 10.2. The molecule has 54 heteroatoms. The molecular weight excluding hydrogens is 2020 g/mol. The summed E-state index contributed by atoms with van der Waals surface area (Å²) < 4.78 is 113. The number of hydrogen-bond acceptors (Lipinski definition) is 30. The van der Waals surface area contributed by atoms with E-state index in [9.17, 15) is 66.5 Å². The SMILES string of the molecule is CCCCCNC(=O)NCCCCCCn1c(=O)n(CCCCCCNC(=O)NCCC[Si](OCC)(OCC)OCC)c(=O)n(CCCCCCNC(=O)NCCC[Si](OCC)(OCC)OCC)c1=O.CCCCNC(=O)NCCCCCCn1c(=O)n(CCCCCCNC(=O)NCCC[Si](OC)(OC)OC)c(=O)n(CCCCCCNC(=O)NCCC[Si](OC)(OC)OC)c1=O.CCO[Si](=O)OCC.CO[Si](=O)OC. The van der Waals surface area contributed by atoms with Crippen LogP contribution < -0.4 is 97.9 Å². The van der Waals surface area contributed by atoms with Crippen molar-refractivity contribution in [2.45, 2.75) is 345 Å². The first-order chi connectivity index (χ1) is 70.9. The van der Waals surface area contributed by atoms with Crippen LogP contribution in [-0.2, 0) is 119 Å². The maximum atomic E-state index is 13.7. The topological polar surface area (TPSA) is 561 Å². The van der Waals surface area contributed by atoms with Crippen molar-refractivity contribution in [3.63, 3.8) is 0 Å². The van der Waals surface area contributed by atoms with Gasteiger partial charge in [0, 0.05) is 224 Å². The smallest absolute Gasteiger partial charge is 0.499 e. The van der Waals surface area contributed by atoms with E-state index >= 15 is 0 Å². The fraction of sp³-hybridized carbons (Fsp3) is 0.871. The van der Waals surface area contributed by atoms with Gasteiger partial charge in [0.25, 0.3) is 0 Å². The average Bonchev–Trinajstić information content (AvgIpc) is 0.787. The molecule has 0 atom stereocenters. The number of carbonyl (C=O) groups excluding carboxylic acids is 6. The molecule has 12 N–H and O–H groups in total. The van der Waals surface area contributed by atoms with Crippen molar-refractivity contribution in [3.05, 3.63) is 62.9 Å². The summed E-state index contributed by atoms with van der Waals surface area (Å²) in [6, 6.07) is 0.991. The number of unbranched alkanes of at least 4 members (excludes halogenated alkanes) is 21. The number of nitrogens with zero attached hydrogens (tertiary/aromatic N) is 6. The van der Waals surface area contributed by atoms with E-state index in [0.29, 0.717) is 220 Å². The number of rotatable bonds is 89. The lowest BCUT2D eigenvalue weighted by Gasteiger charge is -2.28. The van der Waals surface area contributed by atoms with Gasteiger partial charge in [-0.05, 0) is 171 Å². The third-order valence-corrected chi connectivity index (χ3v) is 36.6. The zero-order chi connectivity index (χ0) is 110. The standard InChI is InChI=1S/C47H95N9O12Si2.C40H81N9O12Si2.C4H10O3Si.C2H6O3Si/c1-8-15-22-31-48-42(57)49-32-23-16-19-26-37-54-45(60)55(38-27-20-17-24-33-50-43(58)52-35-29-40-69(63-9-2,64-10-3)65-11-4)47(62)56(46(54)61)39-28-21-18-25-34-51-44(59)53-36-30-41-70(66-12-5,67-13-6)68-14-7;1-8-9-24-41-35(50)42-25-16-10-13-19-30-47-38(53)48(31-20-14-11-17-26-43-36(51)45-28-22-33-62(56-2,57-3)58-4)40(55)49(39(47)54)32-21-15-12-18-27-44-37(52)46-29-23-34-63(59-5,60-6)61-7;1-3-6-8(5)7-4-2;1-4-6(3)5-2/h8-41H2,1-7H3,(H2,48,49,57)(H2,50,52,58)(H2,51,53,59);8-34H2,1-7H3,(H2,41,42,50)(H2,43,45,51)(H2,44,46,52);3-4H2,1-2H3;1-2H3. The van der Waals surface area contributed by atoms with Crippen LogP contribution >= 0.6 is 0 Å². The highest BCUT2D eigenvalue weighted by Crippen LogP contribution is 2.21. The summed E-state index contributed by atoms with van der Waals surface area (Å²) in [5.74, 6) is 0. The van der Waals surface area contributed by atoms with Gasteiger partial charge in [0.1, 0.15) is 0 Å². The Hall–Kier alpha value is -7.94. The minimum atomic E-state index is -2.76. The van der Waals surface area contributed by atoms with Crippen LogP contribution in [0.1, 0.15) is 281 Å². The van der Waals surface area contributed by atoms with Crippen molar-refractivity contribution in [1.82, 2.24) is 91.2 Å². The zero-order valence-corrected chi connectivity index (χ0v) is 98.5. The molecule has 0 fully saturated rings. The summed E-state index contributed by atoms with van der Waals surface area (Å²) in [6.07, 6.45) is 24.6. The molecule has 2 aromatic heterocycles. The lowest BCUT2D eigenvalue weighted by Crippen LogP contribution is -2.54. The predicted octanol–water partition coefficient (Wildman–Crippen LogP) is 9.07. The first-order valence-electron chi connectivity index (χ1n) is 53.5. The molecule has 0 spiro atoms. The number of nitrogens with one attached hydrogen (secondary N) is 12. The molecule has 12 amide bonds. The largest absolute Gasteiger partial charge is 0.767 e. The van der Waals surface area contributed by atoms with Crippen LogP contribution in [-0.4, -0.2) is 305 Å². The second-order valence-electron chi connectivity index (χ2n) is 34.0. The highest BCUT2D eigenvalue weighted by atomic mass is 28.4. The van der Waals surface area contributed by atoms with E-state index in [1.807, 2.05) is 41.5 Å². The van der Waals surface area contributed by atoms with Crippen LogP contribution in [0.5, 0.6) is 0 Å². The summed E-state index contributed by atoms with van der Waals surface area (Å²) >= 11 is 0. The molecule has 147 heavy (non-hydrogen) atoms. The molecule has 48 nitrogen and oxygen atoms in total. The van der Waals surface area contributed by atoms with Gasteiger partial charge in [0.2, 0.25) is 0 Å². The van der Waals surface area contributed by atoms with Gasteiger partial charge in [-0.25, -0.2) is 84.9 Å². The Balaban J connectivity index is 0. The molecule has 0 radical (unpaired) electrons. The van der Waals surface area contributed by atoms with Gasteiger partial charge in [-0.2, -0.15) is 0 Å². The van der Waals surface area contributed by atoms with Crippen molar-refractivity contribution in [2.24, 2.45) is 0 Å². The summed E-state index contributed by atoms with van der Waals surface area (Å²) in [5.41, 5.74) is -3.61. The third-order valence-electron chi connectivity index (χ3n) is 22.9. The maximum Gasteiger partial charge on any atom is 0.767 e. The Morgan fingerprint density at radius 2 is 0.374 bits per heavy atom. The van der Waals surface area contributed by atoms with Gasteiger partial charge >= 0.3 is 124 Å². The Morgan fingerprint density at radius 1 is 0.211 bits per heavy atom. The quantitative estimate of drug-likeness (QED) is 0.0217. The van der Waals surface area contributed by atoms with E-state index in [0.717, 1.165) is 148 Å². The second kappa shape index (κ2) is 92.9. The first kappa shape index (κ1) is 141. The van der Waals surface area contributed by atoms with Gasteiger partial charge in [-0.3, -0.25) is 8.92 Å². The van der Waals surface area contributed by atoms with Gasteiger partial charge in [0.15, 0.2) is 0 Å². The molecule has 0 bridgehead atoms. The first-order valence-corrected chi connectivity index (χ1v) is 63.7. The van der Waals surface area contributed by atoms with Crippen LogP contribution in [0.4, 0.5) is 28.8 Å². The molecule has 2 aromatic rings.